The molecule has 0 spiro atoms. The molecule has 0 saturated carbocycles. The summed E-state index contributed by atoms with van der Waals surface area (Å²) in [5.41, 5.74) is 1.21. The molecule has 2 aromatic heterocycles. The second kappa shape index (κ2) is 7.26. The first kappa shape index (κ1) is 17.5. The SMILES string of the molecule is COc1ccnc(C(=O)Nc2ccc3nc(OC(C)C)ccc3c2)c1O. The number of aromatic nitrogens is 2. The number of hydrogen-bond acceptors (Lipinski definition) is 6. The monoisotopic (exact) mass is 353 g/mol. The Morgan fingerprint density at radius 2 is 2.00 bits per heavy atom. The Labute approximate surface area is 150 Å². The number of fused-ring (bicyclic) bond motifs is 1. The van der Waals surface area contributed by atoms with Crippen LogP contribution in [0.4, 0.5) is 5.69 Å². The van der Waals surface area contributed by atoms with E-state index < -0.39 is 5.91 Å². The third-order valence-corrected chi connectivity index (χ3v) is 3.60. The Hall–Kier alpha value is -3.35. The van der Waals surface area contributed by atoms with Gasteiger partial charge in [0.2, 0.25) is 5.88 Å². The quantitative estimate of drug-likeness (QED) is 0.730. The molecule has 2 heterocycles. The van der Waals surface area contributed by atoms with E-state index in [1.165, 1.54) is 19.4 Å². The van der Waals surface area contributed by atoms with Crippen molar-refractivity contribution in [2.75, 3.05) is 12.4 Å². The summed E-state index contributed by atoms with van der Waals surface area (Å²) in [5.74, 6) is -0.0979. The Balaban J connectivity index is 1.84. The van der Waals surface area contributed by atoms with Crippen LogP contribution >= 0.6 is 0 Å². The number of nitrogens with zero attached hydrogens (tertiary/aromatic N) is 2. The number of rotatable bonds is 5. The number of nitrogens with one attached hydrogen (secondary N) is 1. The van der Waals surface area contributed by atoms with E-state index in [1.54, 1.807) is 24.3 Å². The molecule has 0 atom stereocenters. The molecule has 0 bridgehead atoms. The number of carbonyl (C=O) groups excluding carboxylic acids is 1. The first-order chi connectivity index (χ1) is 12.5. The molecule has 0 fully saturated rings. The molecule has 7 heteroatoms. The predicted molar refractivity (Wildman–Crippen MR) is 97.9 cm³/mol. The molecule has 0 aliphatic carbocycles. The van der Waals surface area contributed by atoms with Crippen molar-refractivity contribution < 1.29 is 19.4 Å². The van der Waals surface area contributed by atoms with Gasteiger partial charge in [0.1, 0.15) is 0 Å². The highest BCUT2D eigenvalue weighted by atomic mass is 16.5. The van der Waals surface area contributed by atoms with Crippen LogP contribution in [-0.4, -0.2) is 34.2 Å². The fraction of sp³-hybridized carbons (Fsp3) is 0.211. The summed E-state index contributed by atoms with van der Waals surface area (Å²) in [4.78, 5) is 20.7. The summed E-state index contributed by atoms with van der Waals surface area (Å²) in [5, 5.41) is 13.6. The van der Waals surface area contributed by atoms with Gasteiger partial charge in [0, 0.05) is 29.4 Å². The molecule has 3 aromatic rings. The average Bonchev–Trinajstić information content (AvgIpc) is 2.61. The van der Waals surface area contributed by atoms with Crippen LogP contribution < -0.4 is 14.8 Å². The van der Waals surface area contributed by atoms with Gasteiger partial charge < -0.3 is 19.9 Å². The maximum absolute atomic E-state index is 12.4. The van der Waals surface area contributed by atoms with Crippen molar-refractivity contribution in [2.45, 2.75) is 20.0 Å². The fourth-order valence-corrected chi connectivity index (χ4v) is 2.45. The van der Waals surface area contributed by atoms with Crippen molar-refractivity contribution in [3.05, 3.63) is 48.3 Å². The number of ether oxygens (including phenoxy) is 2. The van der Waals surface area contributed by atoms with E-state index in [9.17, 15) is 9.90 Å². The van der Waals surface area contributed by atoms with Crippen molar-refractivity contribution in [3.63, 3.8) is 0 Å². The van der Waals surface area contributed by atoms with Crippen LogP contribution in [0.3, 0.4) is 0 Å². The summed E-state index contributed by atoms with van der Waals surface area (Å²) in [7, 11) is 1.41. The molecule has 0 unspecified atom stereocenters. The van der Waals surface area contributed by atoms with E-state index in [0.29, 0.717) is 11.6 Å². The molecule has 0 aliphatic heterocycles. The number of benzene rings is 1. The van der Waals surface area contributed by atoms with Gasteiger partial charge in [0.25, 0.3) is 5.91 Å². The first-order valence-corrected chi connectivity index (χ1v) is 8.08. The van der Waals surface area contributed by atoms with E-state index in [-0.39, 0.29) is 23.3 Å². The minimum absolute atomic E-state index is 0.0431. The largest absolute Gasteiger partial charge is 0.503 e. The van der Waals surface area contributed by atoms with E-state index in [4.69, 9.17) is 9.47 Å². The molecular formula is C19H19N3O4. The van der Waals surface area contributed by atoms with Crippen LogP contribution in [0.25, 0.3) is 10.9 Å². The third kappa shape index (κ3) is 3.66. The number of amides is 1. The first-order valence-electron chi connectivity index (χ1n) is 8.08. The summed E-state index contributed by atoms with van der Waals surface area (Å²) in [6.07, 6.45) is 1.44. The standard InChI is InChI=1S/C19H19N3O4/c1-11(2)26-16-7-4-12-10-13(5-6-14(12)22-16)21-19(24)17-18(23)15(25-3)8-9-20-17/h4-11,23H,1-3H3,(H,21,24). The Kier molecular flexibility index (Phi) is 4.88. The lowest BCUT2D eigenvalue weighted by atomic mass is 10.2. The van der Waals surface area contributed by atoms with Crippen molar-refractivity contribution in [1.29, 1.82) is 0 Å². The Morgan fingerprint density at radius 3 is 2.73 bits per heavy atom. The number of aromatic hydroxyl groups is 1. The molecule has 0 saturated heterocycles. The number of anilines is 1. The molecule has 0 radical (unpaired) electrons. The van der Waals surface area contributed by atoms with E-state index in [2.05, 4.69) is 15.3 Å². The molecule has 7 nitrogen and oxygen atoms in total. The maximum Gasteiger partial charge on any atom is 0.278 e. The minimum atomic E-state index is -0.534. The van der Waals surface area contributed by atoms with Gasteiger partial charge in [-0.2, -0.15) is 0 Å². The van der Waals surface area contributed by atoms with Crippen LogP contribution in [-0.2, 0) is 0 Å². The van der Waals surface area contributed by atoms with Gasteiger partial charge in [-0.25, -0.2) is 9.97 Å². The molecule has 1 amide bonds. The highest BCUT2D eigenvalue weighted by Gasteiger charge is 2.17. The van der Waals surface area contributed by atoms with Crippen LogP contribution in [0.2, 0.25) is 0 Å². The molecule has 26 heavy (non-hydrogen) atoms. The lowest BCUT2D eigenvalue weighted by Gasteiger charge is -2.11. The molecule has 1 aromatic carbocycles. The topological polar surface area (TPSA) is 93.6 Å². The zero-order valence-corrected chi connectivity index (χ0v) is 14.7. The van der Waals surface area contributed by atoms with Crippen molar-refractivity contribution in [2.24, 2.45) is 0 Å². The number of methoxy groups -OCH3 is 1. The second-order valence-corrected chi connectivity index (χ2v) is 5.89. The fourth-order valence-electron chi connectivity index (χ4n) is 2.45. The van der Waals surface area contributed by atoms with Gasteiger partial charge in [-0.3, -0.25) is 4.79 Å². The summed E-state index contributed by atoms with van der Waals surface area (Å²) in [6.45, 7) is 3.87. The van der Waals surface area contributed by atoms with Gasteiger partial charge >= 0.3 is 0 Å². The third-order valence-electron chi connectivity index (χ3n) is 3.60. The van der Waals surface area contributed by atoms with Crippen molar-refractivity contribution in [3.8, 4) is 17.4 Å². The summed E-state index contributed by atoms with van der Waals surface area (Å²) >= 11 is 0. The van der Waals surface area contributed by atoms with Gasteiger partial charge in [0.05, 0.1) is 18.7 Å². The molecule has 2 N–H and O–H groups in total. The van der Waals surface area contributed by atoms with Gasteiger partial charge in [-0.1, -0.05) is 0 Å². The molecular weight excluding hydrogens is 334 g/mol. The highest BCUT2D eigenvalue weighted by Crippen LogP contribution is 2.28. The van der Waals surface area contributed by atoms with Gasteiger partial charge in [0.15, 0.2) is 17.2 Å². The highest BCUT2D eigenvalue weighted by molar-refractivity contribution is 6.05. The number of pyridine rings is 2. The Bertz CT molecular complexity index is 957. The van der Waals surface area contributed by atoms with Crippen LogP contribution in [0.1, 0.15) is 24.3 Å². The zero-order chi connectivity index (χ0) is 18.7. The van der Waals surface area contributed by atoms with Crippen LogP contribution in [0.5, 0.6) is 17.4 Å². The Morgan fingerprint density at radius 1 is 1.19 bits per heavy atom. The molecule has 3 rings (SSSR count). The van der Waals surface area contributed by atoms with Crippen molar-refractivity contribution >= 4 is 22.5 Å². The lowest BCUT2D eigenvalue weighted by Crippen LogP contribution is -2.14. The van der Waals surface area contributed by atoms with Crippen LogP contribution in [0.15, 0.2) is 42.6 Å². The molecule has 0 aliphatic rings. The van der Waals surface area contributed by atoms with Crippen molar-refractivity contribution in [1.82, 2.24) is 9.97 Å². The summed E-state index contributed by atoms with van der Waals surface area (Å²) < 4.78 is 10.6. The summed E-state index contributed by atoms with van der Waals surface area (Å²) in [6, 6.07) is 10.4. The predicted octanol–water partition coefficient (Wildman–Crippen LogP) is 3.38. The second-order valence-electron chi connectivity index (χ2n) is 5.89. The maximum atomic E-state index is 12.4. The normalized spacial score (nSPS) is 10.8. The zero-order valence-electron chi connectivity index (χ0n) is 14.7. The average molecular weight is 353 g/mol. The number of carbonyl (C=O) groups is 1. The van der Waals surface area contributed by atoms with E-state index >= 15 is 0 Å². The number of hydrogen-bond donors (Lipinski definition) is 2. The minimum Gasteiger partial charge on any atom is -0.503 e. The van der Waals surface area contributed by atoms with E-state index in [1.807, 2.05) is 19.9 Å². The molecule has 134 valence electrons. The van der Waals surface area contributed by atoms with Crippen LogP contribution in [0, 0.1) is 0 Å². The van der Waals surface area contributed by atoms with Gasteiger partial charge in [-0.15, -0.1) is 0 Å². The lowest BCUT2D eigenvalue weighted by molar-refractivity contribution is 0.101. The van der Waals surface area contributed by atoms with Gasteiger partial charge in [-0.05, 0) is 38.1 Å². The van der Waals surface area contributed by atoms with E-state index in [0.717, 1.165) is 10.9 Å². The smallest absolute Gasteiger partial charge is 0.278 e.